The summed E-state index contributed by atoms with van der Waals surface area (Å²) in [6.07, 6.45) is 3.82. The molecule has 0 bridgehead atoms. The fraction of sp³-hybridized carbons (Fsp3) is 0.217. The van der Waals surface area contributed by atoms with E-state index in [9.17, 15) is 24.3 Å². The fourth-order valence-electron chi connectivity index (χ4n) is 4.06. The van der Waals surface area contributed by atoms with Crippen LogP contribution in [0.2, 0.25) is 0 Å². The van der Waals surface area contributed by atoms with E-state index < -0.39 is 46.4 Å². The minimum Gasteiger partial charge on any atom is -0.501 e. The maximum atomic E-state index is 15.0. The molecule has 11 nitrogen and oxygen atoms in total. The number of halogens is 2. The van der Waals surface area contributed by atoms with Crippen molar-refractivity contribution >= 4 is 11.6 Å². The molecule has 0 unspecified atom stereocenters. The van der Waals surface area contributed by atoms with Crippen LogP contribution >= 0.6 is 0 Å². The monoisotopic (exact) mass is 495 g/mol. The number of rotatable bonds is 6. The Hall–Kier alpha value is -4.86. The molecule has 4 rings (SSSR count). The van der Waals surface area contributed by atoms with E-state index in [2.05, 4.69) is 25.1 Å². The number of anilines is 1. The zero-order chi connectivity index (χ0) is 26.1. The molecule has 2 atom stereocenters. The van der Waals surface area contributed by atoms with Gasteiger partial charge in [0.1, 0.15) is 35.5 Å². The van der Waals surface area contributed by atoms with Gasteiger partial charge in [-0.3, -0.25) is 18.8 Å². The molecule has 0 aliphatic rings. The molecule has 13 heteroatoms. The van der Waals surface area contributed by atoms with Crippen LogP contribution in [0.3, 0.4) is 0 Å². The van der Waals surface area contributed by atoms with Crippen molar-refractivity contribution in [2.45, 2.75) is 18.8 Å². The molecule has 0 aliphatic carbocycles. The van der Waals surface area contributed by atoms with Crippen molar-refractivity contribution in [3.8, 4) is 11.8 Å². The lowest BCUT2D eigenvalue weighted by molar-refractivity contribution is 0.101. The number of aromatic nitrogens is 5. The lowest BCUT2D eigenvalue weighted by Gasteiger charge is -2.26. The van der Waals surface area contributed by atoms with Crippen molar-refractivity contribution in [1.29, 1.82) is 5.26 Å². The Kier molecular flexibility index (Phi) is 6.35. The van der Waals surface area contributed by atoms with Gasteiger partial charge in [0.15, 0.2) is 11.4 Å². The van der Waals surface area contributed by atoms with Gasteiger partial charge in [-0.05, 0) is 23.8 Å². The van der Waals surface area contributed by atoms with Gasteiger partial charge in [-0.15, -0.1) is 0 Å². The largest absolute Gasteiger partial charge is 0.501 e. The highest BCUT2D eigenvalue weighted by molar-refractivity contribution is 6.04. The summed E-state index contributed by atoms with van der Waals surface area (Å²) in [5, 5.41) is 29.9. The van der Waals surface area contributed by atoms with E-state index in [4.69, 9.17) is 0 Å². The topological polar surface area (TPSA) is 152 Å². The van der Waals surface area contributed by atoms with E-state index in [1.807, 2.05) is 6.07 Å². The second-order valence-corrected chi connectivity index (χ2v) is 8.05. The fourth-order valence-corrected chi connectivity index (χ4v) is 4.06. The second-order valence-electron chi connectivity index (χ2n) is 8.05. The predicted molar refractivity (Wildman–Crippen MR) is 120 cm³/mol. The van der Waals surface area contributed by atoms with Gasteiger partial charge in [-0.25, -0.2) is 13.8 Å². The summed E-state index contributed by atoms with van der Waals surface area (Å²) in [6, 6.07) is 4.84. The van der Waals surface area contributed by atoms with Gasteiger partial charge in [0.05, 0.1) is 6.20 Å². The van der Waals surface area contributed by atoms with E-state index in [1.165, 1.54) is 24.1 Å². The van der Waals surface area contributed by atoms with Gasteiger partial charge < -0.3 is 14.9 Å². The van der Waals surface area contributed by atoms with Crippen molar-refractivity contribution < 1.29 is 23.2 Å². The van der Waals surface area contributed by atoms with Crippen LogP contribution in [0.4, 0.5) is 14.5 Å². The summed E-state index contributed by atoms with van der Waals surface area (Å²) in [6.45, 7) is 1.57. The standard InChI is InChI=1S/C23H19F2N7O4/c1-11(18(14-6-12(24)4-5-16(14)25)15-9-31(2)30-17(15)7-26)21-29-19(20(33)23(35)32(21)3)22(34)28-13-8-27-36-10-13/h4-6,8-11,18,33H,1-3H3,(H,28,34)/t11-,18-/m0/s1. The Morgan fingerprint density at radius 1 is 1.28 bits per heavy atom. The van der Waals surface area contributed by atoms with Crippen LogP contribution in [0, 0.1) is 23.0 Å². The maximum absolute atomic E-state index is 15.0. The predicted octanol–water partition coefficient (Wildman–Crippen LogP) is 2.55. The lowest BCUT2D eigenvalue weighted by Crippen LogP contribution is -2.29. The summed E-state index contributed by atoms with van der Waals surface area (Å²) >= 11 is 0. The number of carbonyl (C=O) groups is 1. The third-order valence-electron chi connectivity index (χ3n) is 5.71. The average Bonchev–Trinajstić information content (AvgIpc) is 3.49. The van der Waals surface area contributed by atoms with E-state index in [1.54, 1.807) is 14.0 Å². The van der Waals surface area contributed by atoms with Crippen molar-refractivity contribution in [2.75, 3.05) is 5.32 Å². The molecule has 4 aromatic rings. The zero-order valence-electron chi connectivity index (χ0n) is 19.2. The van der Waals surface area contributed by atoms with Crippen molar-refractivity contribution in [3.63, 3.8) is 0 Å². The number of nitrogens with zero attached hydrogens (tertiary/aromatic N) is 6. The Morgan fingerprint density at radius 3 is 2.69 bits per heavy atom. The third kappa shape index (κ3) is 4.31. The molecule has 0 radical (unpaired) electrons. The minimum absolute atomic E-state index is 0.0327. The van der Waals surface area contributed by atoms with Gasteiger partial charge in [0, 0.05) is 37.7 Å². The number of aryl methyl sites for hydroxylation is 1. The molecule has 3 aromatic heterocycles. The Bertz CT molecular complexity index is 1550. The average molecular weight is 495 g/mol. The molecule has 3 heterocycles. The van der Waals surface area contributed by atoms with Crippen molar-refractivity contribution in [3.05, 3.63) is 87.2 Å². The van der Waals surface area contributed by atoms with Gasteiger partial charge in [0.2, 0.25) is 5.75 Å². The molecular weight excluding hydrogens is 476 g/mol. The van der Waals surface area contributed by atoms with E-state index in [-0.39, 0.29) is 28.3 Å². The minimum atomic E-state index is -1.04. The van der Waals surface area contributed by atoms with E-state index in [0.717, 1.165) is 29.0 Å². The molecule has 0 saturated heterocycles. The van der Waals surface area contributed by atoms with Gasteiger partial charge in [-0.2, -0.15) is 10.4 Å². The van der Waals surface area contributed by atoms with Gasteiger partial charge in [-0.1, -0.05) is 12.1 Å². The normalized spacial score (nSPS) is 12.7. The maximum Gasteiger partial charge on any atom is 0.296 e. The first kappa shape index (κ1) is 24.3. The number of nitrogens with one attached hydrogen (secondary N) is 1. The van der Waals surface area contributed by atoms with Crippen molar-refractivity contribution in [1.82, 2.24) is 24.5 Å². The molecule has 0 aliphatic heterocycles. The van der Waals surface area contributed by atoms with Crippen LogP contribution in [0.15, 0.2) is 46.2 Å². The summed E-state index contributed by atoms with van der Waals surface area (Å²) < 4.78 is 36.2. The SMILES string of the molecule is C[C@H](c1nc(C(=O)Nc2cnoc2)c(O)c(=O)n1C)[C@@H](c1cc(F)ccc1F)c1cn(C)nc1C#N. The summed E-state index contributed by atoms with van der Waals surface area (Å²) in [7, 11) is 2.88. The molecular formula is C23H19F2N7O4. The lowest BCUT2D eigenvalue weighted by atomic mass is 9.80. The Morgan fingerprint density at radius 2 is 2.03 bits per heavy atom. The Labute approximate surface area is 202 Å². The van der Waals surface area contributed by atoms with E-state index >= 15 is 4.39 Å². The molecule has 2 N–H and O–H groups in total. The van der Waals surface area contributed by atoms with Crippen LogP contribution in [-0.4, -0.2) is 35.5 Å². The molecule has 0 saturated carbocycles. The molecule has 184 valence electrons. The first-order chi connectivity index (χ1) is 17.1. The van der Waals surface area contributed by atoms with Gasteiger partial charge >= 0.3 is 0 Å². The first-order valence-corrected chi connectivity index (χ1v) is 10.5. The van der Waals surface area contributed by atoms with Crippen LogP contribution in [-0.2, 0) is 14.1 Å². The number of benzene rings is 1. The van der Waals surface area contributed by atoms with Crippen LogP contribution in [0.1, 0.15) is 51.9 Å². The molecule has 1 amide bonds. The molecule has 36 heavy (non-hydrogen) atoms. The number of hydrogen-bond acceptors (Lipinski definition) is 8. The number of aromatic hydroxyl groups is 1. The molecule has 1 aromatic carbocycles. The summed E-state index contributed by atoms with van der Waals surface area (Å²) in [5.74, 6) is -5.28. The number of nitriles is 1. The summed E-state index contributed by atoms with van der Waals surface area (Å²) in [4.78, 5) is 29.8. The smallest absolute Gasteiger partial charge is 0.296 e. The third-order valence-corrected chi connectivity index (χ3v) is 5.71. The van der Waals surface area contributed by atoms with Gasteiger partial charge in [0.25, 0.3) is 11.5 Å². The molecule has 0 spiro atoms. The van der Waals surface area contributed by atoms with Crippen LogP contribution in [0.25, 0.3) is 0 Å². The first-order valence-electron chi connectivity index (χ1n) is 10.5. The van der Waals surface area contributed by atoms with E-state index in [0.29, 0.717) is 0 Å². The van der Waals surface area contributed by atoms with Crippen molar-refractivity contribution in [2.24, 2.45) is 14.1 Å². The summed E-state index contributed by atoms with van der Waals surface area (Å²) in [5.41, 5.74) is -1.25. The number of hydrogen-bond donors (Lipinski definition) is 2. The highest BCUT2D eigenvalue weighted by Gasteiger charge is 2.33. The zero-order valence-corrected chi connectivity index (χ0v) is 19.2. The Balaban J connectivity index is 1.90. The number of carbonyl (C=O) groups excluding carboxylic acids is 1. The molecule has 0 fully saturated rings. The number of amides is 1. The second kappa shape index (κ2) is 9.41. The highest BCUT2D eigenvalue weighted by atomic mass is 19.1. The van der Waals surface area contributed by atoms with Crippen LogP contribution in [0.5, 0.6) is 5.75 Å². The van der Waals surface area contributed by atoms with Crippen LogP contribution < -0.4 is 10.9 Å². The highest BCUT2D eigenvalue weighted by Crippen LogP contribution is 2.40. The quantitative estimate of drug-likeness (QED) is 0.414.